The number of benzene rings is 2. The highest BCUT2D eigenvalue weighted by Gasteiger charge is 2.38. The van der Waals surface area contributed by atoms with E-state index in [9.17, 15) is 10.0 Å². The molecule has 0 spiro atoms. The molecule has 0 fully saturated rings. The molecule has 0 saturated heterocycles. The predicted molar refractivity (Wildman–Crippen MR) is 95.8 cm³/mol. The van der Waals surface area contributed by atoms with Gasteiger partial charge in [-0.15, -0.1) is 0 Å². The van der Waals surface area contributed by atoms with Crippen molar-refractivity contribution in [2.75, 3.05) is 20.8 Å². The topological polar surface area (TPSA) is 61.6 Å². The number of methoxy groups -OCH3 is 1. The van der Waals surface area contributed by atoms with Crippen molar-refractivity contribution in [3.8, 4) is 5.75 Å². The summed E-state index contributed by atoms with van der Waals surface area (Å²) in [7, 11) is 2.95. The molecule has 0 bridgehead atoms. The number of hydroxylamine groups is 1. The van der Waals surface area contributed by atoms with Crippen LogP contribution >= 0.6 is 0 Å². The molecule has 128 valence electrons. The zero-order chi connectivity index (χ0) is 18.0. The quantitative estimate of drug-likeness (QED) is 0.372. The molecule has 5 nitrogen and oxygen atoms in total. The Balaban J connectivity index is 2.34. The fraction of sp³-hybridized carbons (Fsp3) is 0.200. The Labute approximate surface area is 146 Å². The van der Waals surface area contributed by atoms with Crippen molar-refractivity contribution in [1.82, 2.24) is 0 Å². The van der Waals surface area contributed by atoms with Crippen LogP contribution in [0.5, 0.6) is 5.75 Å². The lowest BCUT2D eigenvalue weighted by atomic mass is 9.97. The number of hydrogen-bond acceptors (Lipinski definition) is 4. The van der Waals surface area contributed by atoms with Crippen molar-refractivity contribution in [3.63, 3.8) is 0 Å². The van der Waals surface area contributed by atoms with E-state index in [1.807, 2.05) is 42.5 Å². The van der Waals surface area contributed by atoms with Crippen molar-refractivity contribution < 1.29 is 19.0 Å². The molecule has 0 atom stereocenters. The molecule has 0 amide bonds. The molecule has 1 aliphatic rings. The molecule has 0 N–H and O–H groups in total. The first kappa shape index (κ1) is 16.8. The van der Waals surface area contributed by atoms with E-state index in [0.717, 1.165) is 11.1 Å². The summed E-state index contributed by atoms with van der Waals surface area (Å²) >= 11 is 0. The van der Waals surface area contributed by atoms with Crippen LogP contribution in [0.25, 0.3) is 5.57 Å². The van der Waals surface area contributed by atoms with Gasteiger partial charge in [0.05, 0.1) is 19.3 Å². The molecule has 1 aliphatic carbocycles. The van der Waals surface area contributed by atoms with Crippen LogP contribution in [0.2, 0.25) is 0 Å². The highest BCUT2D eigenvalue weighted by atomic mass is 16.5. The van der Waals surface area contributed by atoms with Gasteiger partial charge in [-0.1, -0.05) is 30.3 Å². The summed E-state index contributed by atoms with van der Waals surface area (Å²) in [6.45, 7) is 1.98. The average molecular weight is 337 g/mol. The van der Waals surface area contributed by atoms with Gasteiger partial charge in [0, 0.05) is 5.57 Å². The minimum atomic E-state index is -0.505. The van der Waals surface area contributed by atoms with Gasteiger partial charge in [0.2, 0.25) is 5.71 Å². The van der Waals surface area contributed by atoms with Crippen LogP contribution in [0, 0.1) is 5.21 Å². The molecule has 0 aromatic heterocycles. The second kappa shape index (κ2) is 6.81. The van der Waals surface area contributed by atoms with Crippen molar-refractivity contribution in [3.05, 3.63) is 76.0 Å². The summed E-state index contributed by atoms with van der Waals surface area (Å²) in [5, 5.41) is 12.3. The molecule has 25 heavy (non-hydrogen) atoms. The highest BCUT2D eigenvalue weighted by molar-refractivity contribution is 6.35. The molecule has 0 aliphatic heterocycles. The minimum absolute atomic E-state index is 0.236. The Morgan fingerprint density at radius 1 is 1.12 bits per heavy atom. The first-order chi connectivity index (χ1) is 12.1. The fourth-order valence-corrected chi connectivity index (χ4v) is 3.09. The molecule has 0 heterocycles. The summed E-state index contributed by atoms with van der Waals surface area (Å²) in [6, 6.07) is 15.0. The number of rotatable bonds is 4. The lowest BCUT2D eigenvalue weighted by molar-refractivity contribution is -0.421. The van der Waals surface area contributed by atoms with Crippen LogP contribution < -0.4 is 4.74 Å². The van der Waals surface area contributed by atoms with E-state index < -0.39 is 5.97 Å². The molecule has 0 unspecified atom stereocenters. The van der Waals surface area contributed by atoms with Gasteiger partial charge in [-0.3, -0.25) is 0 Å². The third-order valence-corrected chi connectivity index (χ3v) is 4.09. The maximum absolute atomic E-state index is 12.7. The van der Waals surface area contributed by atoms with Crippen LogP contribution in [0.1, 0.15) is 23.6 Å². The second-order valence-corrected chi connectivity index (χ2v) is 5.59. The Morgan fingerprint density at radius 2 is 1.84 bits per heavy atom. The zero-order valence-corrected chi connectivity index (χ0v) is 14.4. The van der Waals surface area contributed by atoms with Crippen LogP contribution in [0.3, 0.4) is 0 Å². The lowest BCUT2D eigenvalue weighted by Crippen LogP contribution is -2.21. The number of fused-ring (bicyclic) bond motifs is 1. The minimum Gasteiger partial charge on any atom is -0.624 e. The van der Waals surface area contributed by atoms with E-state index in [-0.39, 0.29) is 12.2 Å². The Morgan fingerprint density at radius 3 is 2.44 bits per heavy atom. The number of ether oxygens (including phenoxy) is 2. The van der Waals surface area contributed by atoms with E-state index in [1.165, 1.54) is 7.05 Å². The normalized spacial score (nSPS) is 15.0. The zero-order valence-electron chi connectivity index (χ0n) is 14.4. The summed E-state index contributed by atoms with van der Waals surface area (Å²) in [5.41, 5.74) is 3.62. The van der Waals surface area contributed by atoms with Gasteiger partial charge in [-0.2, -0.15) is 0 Å². The Kier molecular flexibility index (Phi) is 4.57. The maximum atomic E-state index is 12.7. The lowest BCUT2D eigenvalue weighted by Gasteiger charge is -2.08. The predicted octanol–water partition coefficient (Wildman–Crippen LogP) is 3.00. The molecular formula is C20H19NO4. The van der Waals surface area contributed by atoms with Crippen LogP contribution in [-0.2, 0) is 9.53 Å². The Bertz CT molecular complexity index is 878. The highest BCUT2D eigenvalue weighted by Crippen LogP contribution is 2.39. The molecule has 3 rings (SSSR count). The van der Waals surface area contributed by atoms with Gasteiger partial charge >= 0.3 is 5.97 Å². The molecular weight excluding hydrogens is 318 g/mol. The number of nitrogens with zero attached hydrogens (tertiary/aromatic N) is 1. The van der Waals surface area contributed by atoms with Gasteiger partial charge in [-0.25, -0.2) is 9.53 Å². The smallest absolute Gasteiger partial charge is 0.345 e. The fourth-order valence-electron chi connectivity index (χ4n) is 3.09. The van der Waals surface area contributed by atoms with E-state index in [4.69, 9.17) is 9.47 Å². The summed E-state index contributed by atoms with van der Waals surface area (Å²) in [4.78, 5) is 12.7. The summed E-state index contributed by atoms with van der Waals surface area (Å²) < 4.78 is 11.2. The average Bonchev–Trinajstić information content (AvgIpc) is 2.97. The second-order valence-electron chi connectivity index (χ2n) is 5.59. The third-order valence-electron chi connectivity index (χ3n) is 4.09. The van der Waals surface area contributed by atoms with Crippen LogP contribution in [0.4, 0.5) is 0 Å². The van der Waals surface area contributed by atoms with Gasteiger partial charge in [0.15, 0.2) is 0 Å². The Hall–Kier alpha value is -3.08. The number of esters is 1. The van der Waals surface area contributed by atoms with Crippen LogP contribution in [0.15, 0.2) is 54.1 Å². The first-order valence-electron chi connectivity index (χ1n) is 8.02. The summed E-state index contributed by atoms with van der Waals surface area (Å²) in [5.74, 6) is 0.116. The van der Waals surface area contributed by atoms with E-state index >= 15 is 0 Å². The SMILES string of the molecule is CCOC(=O)C1=C(c2ccccc2)c2ccc(OC)cc2/C1=[N+](/C)[O-]. The monoisotopic (exact) mass is 337 g/mol. The van der Waals surface area contributed by atoms with Crippen molar-refractivity contribution in [2.24, 2.45) is 0 Å². The van der Waals surface area contributed by atoms with Gasteiger partial charge in [0.25, 0.3) is 0 Å². The van der Waals surface area contributed by atoms with E-state index in [1.54, 1.807) is 20.1 Å². The molecule has 2 aromatic carbocycles. The van der Waals surface area contributed by atoms with Gasteiger partial charge in [-0.05, 0) is 36.2 Å². The number of carbonyl (C=O) groups excluding carboxylic acids is 1. The largest absolute Gasteiger partial charge is 0.624 e. The summed E-state index contributed by atoms with van der Waals surface area (Å²) in [6.07, 6.45) is 0. The molecule has 5 heteroatoms. The number of carbonyl (C=O) groups is 1. The first-order valence-corrected chi connectivity index (χ1v) is 8.02. The number of hydrogen-bond donors (Lipinski definition) is 0. The van der Waals surface area contributed by atoms with Crippen molar-refractivity contribution in [2.45, 2.75) is 6.92 Å². The standard InChI is InChI=1S/C20H19NO4/c1-4-25-20(22)18-17(13-8-6-5-7-9-13)15-11-10-14(24-3)12-16(15)19(18)21(2)23/h5-12H,4H2,1-3H3/b21-19+. The third kappa shape index (κ3) is 2.89. The van der Waals surface area contributed by atoms with E-state index in [2.05, 4.69) is 0 Å². The molecule has 0 saturated carbocycles. The van der Waals surface area contributed by atoms with Crippen LogP contribution in [-0.4, -0.2) is 37.2 Å². The van der Waals surface area contributed by atoms with Crippen molar-refractivity contribution >= 4 is 17.3 Å². The van der Waals surface area contributed by atoms with Gasteiger partial charge in [0.1, 0.15) is 18.4 Å². The molecule has 0 radical (unpaired) electrons. The maximum Gasteiger partial charge on any atom is 0.345 e. The van der Waals surface area contributed by atoms with E-state index in [0.29, 0.717) is 27.3 Å². The molecule has 2 aromatic rings. The van der Waals surface area contributed by atoms with Gasteiger partial charge < -0.3 is 14.7 Å². The van der Waals surface area contributed by atoms with Crippen molar-refractivity contribution in [1.29, 1.82) is 0 Å².